The fourth-order valence-corrected chi connectivity index (χ4v) is 3.20. The van der Waals surface area contributed by atoms with Crippen molar-refractivity contribution < 1.29 is 13.5 Å². The van der Waals surface area contributed by atoms with Gasteiger partial charge in [0.2, 0.25) is 0 Å². The predicted octanol–water partition coefficient (Wildman–Crippen LogP) is 3.69. The van der Waals surface area contributed by atoms with E-state index in [0.717, 1.165) is 32.4 Å². The molecular formula is C17H25F2NO. The second kappa shape index (κ2) is 7.85. The molecule has 0 radical (unpaired) electrons. The maximum Gasteiger partial charge on any atom is 0.129 e. The number of rotatable bonds is 7. The minimum Gasteiger partial charge on any atom is -0.378 e. The molecule has 0 aliphatic carbocycles. The van der Waals surface area contributed by atoms with E-state index in [1.54, 1.807) is 0 Å². The van der Waals surface area contributed by atoms with Gasteiger partial charge in [-0.2, -0.15) is 0 Å². The molecule has 0 spiro atoms. The average Bonchev–Trinajstić information content (AvgIpc) is 2.94. The van der Waals surface area contributed by atoms with Crippen LogP contribution in [0.15, 0.2) is 18.2 Å². The molecule has 1 aliphatic heterocycles. The number of halogens is 2. The van der Waals surface area contributed by atoms with E-state index >= 15 is 0 Å². The molecule has 2 nitrogen and oxygen atoms in total. The first kappa shape index (κ1) is 16.4. The van der Waals surface area contributed by atoms with Crippen LogP contribution in [0.4, 0.5) is 8.78 Å². The molecule has 0 bridgehead atoms. The van der Waals surface area contributed by atoms with Crippen molar-refractivity contribution in [1.82, 2.24) is 5.32 Å². The van der Waals surface area contributed by atoms with Gasteiger partial charge in [0.25, 0.3) is 0 Å². The highest BCUT2D eigenvalue weighted by Crippen LogP contribution is 2.29. The minimum absolute atomic E-state index is 0.0591. The Morgan fingerprint density at radius 1 is 1.29 bits per heavy atom. The molecular weight excluding hydrogens is 272 g/mol. The van der Waals surface area contributed by atoms with Crippen molar-refractivity contribution in [3.8, 4) is 0 Å². The van der Waals surface area contributed by atoms with Gasteiger partial charge in [0, 0.05) is 24.1 Å². The molecule has 1 heterocycles. The Balaban J connectivity index is 2.16. The summed E-state index contributed by atoms with van der Waals surface area (Å²) in [6, 6.07) is 4.13. The maximum absolute atomic E-state index is 13.9. The van der Waals surface area contributed by atoms with Crippen LogP contribution in [0.5, 0.6) is 0 Å². The summed E-state index contributed by atoms with van der Waals surface area (Å²) in [4.78, 5) is 0. The molecule has 1 N–H and O–H groups in total. The van der Waals surface area contributed by atoms with Crippen molar-refractivity contribution in [2.24, 2.45) is 5.92 Å². The van der Waals surface area contributed by atoms with Crippen molar-refractivity contribution in [1.29, 1.82) is 0 Å². The van der Waals surface area contributed by atoms with Crippen LogP contribution in [0.2, 0.25) is 0 Å². The lowest BCUT2D eigenvalue weighted by Gasteiger charge is -2.28. The fourth-order valence-electron chi connectivity index (χ4n) is 3.20. The van der Waals surface area contributed by atoms with Gasteiger partial charge >= 0.3 is 0 Å². The van der Waals surface area contributed by atoms with E-state index in [0.29, 0.717) is 12.3 Å². The molecule has 0 amide bonds. The lowest BCUT2D eigenvalue weighted by atomic mass is 9.87. The summed E-state index contributed by atoms with van der Waals surface area (Å²) in [6.07, 6.45) is 3.46. The topological polar surface area (TPSA) is 21.3 Å². The van der Waals surface area contributed by atoms with Gasteiger partial charge in [-0.15, -0.1) is 0 Å². The van der Waals surface area contributed by atoms with Crippen LogP contribution >= 0.6 is 0 Å². The highest BCUT2D eigenvalue weighted by molar-refractivity contribution is 5.21. The summed E-state index contributed by atoms with van der Waals surface area (Å²) >= 11 is 0. The molecule has 1 aromatic rings. The van der Waals surface area contributed by atoms with Crippen LogP contribution in [0.3, 0.4) is 0 Å². The predicted molar refractivity (Wildman–Crippen MR) is 80.3 cm³/mol. The van der Waals surface area contributed by atoms with Crippen LogP contribution in [0.1, 0.15) is 38.7 Å². The molecule has 3 atom stereocenters. The molecule has 2 rings (SSSR count). The second-order valence-corrected chi connectivity index (χ2v) is 5.73. The van der Waals surface area contributed by atoms with E-state index in [4.69, 9.17) is 4.74 Å². The van der Waals surface area contributed by atoms with Crippen LogP contribution in [-0.2, 0) is 11.2 Å². The van der Waals surface area contributed by atoms with Gasteiger partial charge in [0.15, 0.2) is 0 Å². The van der Waals surface area contributed by atoms with Crippen molar-refractivity contribution >= 4 is 0 Å². The van der Waals surface area contributed by atoms with Crippen molar-refractivity contribution in [2.45, 2.75) is 51.7 Å². The summed E-state index contributed by atoms with van der Waals surface area (Å²) in [7, 11) is 0. The Labute approximate surface area is 125 Å². The monoisotopic (exact) mass is 297 g/mol. The minimum atomic E-state index is -0.453. The van der Waals surface area contributed by atoms with Crippen LogP contribution in [-0.4, -0.2) is 25.3 Å². The quantitative estimate of drug-likeness (QED) is 0.829. The van der Waals surface area contributed by atoms with E-state index in [-0.39, 0.29) is 17.7 Å². The van der Waals surface area contributed by atoms with Gasteiger partial charge in [0.1, 0.15) is 11.6 Å². The smallest absolute Gasteiger partial charge is 0.129 e. The van der Waals surface area contributed by atoms with E-state index in [2.05, 4.69) is 19.2 Å². The third-order valence-corrected chi connectivity index (χ3v) is 4.32. The van der Waals surface area contributed by atoms with Crippen molar-refractivity contribution in [3.05, 3.63) is 35.4 Å². The number of hydrogen-bond acceptors (Lipinski definition) is 2. The zero-order valence-electron chi connectivity index (χ0n) is 12.9. The molecule has 0 saturated carbocycles. The molecule has 4 heteroatoms. The fraction of sp³-hybridized carbons (Fsp3) is 0.647. The number of hydrogen-bond donors (Lipinski definition) is 1. The van der Waals surface area contributed by atoms with E-state index in [9.17, 15) is 8.78 Å². The zero-order valence-corrected chi connectivity index (χ0v) is 12.9. The number of ether oxygens (including phenoxy) is 1. The molecule has 1 aliphatic rings. The Kier molecular flexibility index (Phi) is 6.12. The van der Waals surface area contributed by atoms with Gasteiger partial charge in [-0.3, -0.25) is 0 Å². The Morgan fingerprint density at radius 3 is 2.62 bits per heavy atom. The lowest BCUT2D eigenvalue weighted by molar-refractivity contribution is 0.0772. The number of nitrogens with one attached hydrogen (secondary N) is 1. The van der Waals surface area contributed by atoms with Crippen molar-refractivity contribution in [3.63, 3.8) is 0 Å². The van der Waals surface area contributed by atoms with E-state index in [1.165, 1.54) is 18.2 Å². The highest BCUT2D eigenvalue weighted by Gasteiger charge is 2.34. The lowest BCUT2D eigenvalue weighted by Crippen LogP contribution is -2.42. The SMILES string of the molecule is CCCNC(Cc1c(F)cccc1F)C1CCOC1CC. The van der Waals surface area contributed by atoms with Gasteiger partial charge in [0.05, 0.1) is 6.10 Å². The second-order valence-electron chi connectivity index (χ2n) is 5.73. The first-order valence-electron chi connectivity index (χ1n) is 7.95. The molecule has 0 aromatic heterocycles. The normalized spacial score (nSPS) is 23.4. The van der Waals surface area contributed by atoms with Crippen LogP contribution < -0.4 is 5.32 Å². The largest absolute Gasteiger partial charge is 0.378 e. The van der Waals surface area contributed by atoms with Crippen LogP contribution in [0, 0.1) is 17.6 Å². The first-order valence-corrected chi connectivity index (χ1v) is 7.95. The zero-order chi connectivity index (χ0) is 15.2. The third-order valence-electron chi connectivity index (χ3n) is 4.32. The Hall–Kier alpha value is -1.00. The summed E-state index contributed by atoms with van der Waals surface area (Å²) in [5, 5.41) is 3.47. The Morgan fingerprint density at radius 2 is 2.00 bits per heavy atom. The average molecular weight is 297 g/mol. The summed E-state index contributed by atoms with van der Waals surface area (Å²) < 4.78 is 33.5. The molecule has 21 heavy (non-hydrogen) atoms. The van der Waals surface area contributed by atoms with E-state index < -0.39 is 11.6 Å². The summed E-state index contributed by atoms with van der Waals surface area (Å²) in [6.45, 7) is 5.79. The molecule has 118 valence electrons. The summed E-state index contributed by atoms with van der Waals surface area (Å²) in [5.41, 5.74) is 0.188. The molecule has 1 fully saturated rings. The van der Waals surface area contributed by atoms with Gasteiger partial charge in [-0.05, 0) is 44.4 Å². The summed E-state index contributed by atoms with van der Waals surface area (Å²) in [5.74, 6) is -0.587. The third kappa shape index (κ3) is 4.01. The van der Waals surface area contributed by atoms with Crippen molar-refractivity contribution in [2.75, 3.05) is 13.2 Å². The molecule has 3 unspecified atom stereocenters. The Bertz CT molecular complexity index is 432. The van der Waals surface area contributed by atoms with Gasteiger partial charge in [-0.25, -0.2) is 8.78 Å². The molecule has 1 saturated heterocycles. The van der Waals surface area contributed by atoms with E-state index in [1.807, 2.05) is 0 Å². The standard InChI is InChI=1S/C17H25F2NO/c1-3-9-20-16(12-8-10-21-17(12)4-2)11-13-14(18)6-5-7-15(13)19/h5-7,12,16-17,20H,3-4,8-11H2,1-2H3. The maximum atomic E-state index is 13.9. The highest BCUT2D eigenvalue weighted by atomic mass is 19.1. The number of benzene rings is 1. The van der Waals surface area contributed by atoms with Gasteiger partial charge in [-0.1, -0.05) is 19.9 Å². The van der Waals surface area contributed by atoms with Gasteiger partial charge < -0.3 is 10.1 Å². The van der Waals surface area contributed by atoms with Crippen LogP contribution in [0.25, 0.3) is 0 Å². The molecule has 1 aromatic carbocycles. The first-order chi connectivity index (χ1) is 10.2.